The van der Waals surface area contributed by atoms with E-state index < -0.39 is 0 Å². The van der Waals surface area contributed by atoms with Crippen LogP contribution in [-0.4, -0.2) is 25.1 Å². The van der Waals surface area contributed by atoms with Crippen LogP contribution in [0.3, 0.4) is 0 Å². The highest BCUT2D eigenvalue weighted by Crippen LogP contribution is 2.19. The maximum Gasteiger partial charge on any atom is 0.251 e. The van der Waals surface area contributed by atoms with Gasteiger partial charge in [-0.15, -0.1) is 0 Å². The van der Waals surface area contributed by atoms with Gasteiger partial charge in [-0.3, -0.25) is 4.79 Å². The molecule has 1 aromatic rings. The Morgan fingerprint density at radius 3 is 2.71 bits per heavy atom. The van der Waals surface area contributed by atoms with E-state index in [2.05, 4.69) is 26.1 Å². The van der Waals surface area contributed by atoms with Crippen molar-refractivity contribution in [2.75, 3.05) is 13.2 Å². The summed E-state index contributed by atoms with van der Waals surface area (Å²) in [5.41, 5.74) is 6.81. The van der Waals surface area contributed by atoms with Crippen molar-refractivity contribution in [3.05, 3.63) is 29.8 Å². The zero-order valence-electron chi connectivity index (χ0n) is 13.6. The monoisotopic (exact) mass is 292 g/mol. The lowest BCUT2D eigenvalue weighted by Gasteiger charge is -2.23. The summed E-state index contributed by atoms with van der Waals surface area (Å²) in [7, 11) is 0. The summed E-state index contributed by atoms with van der Waals surface area (Å²) in [4.78, 5) is 12.1. The molecule has 118 valence electrons. The van der Waals surface area contributed by atoms with Gasteiger partial charge in [-0.05, 0) is 36.5 Å². The first-order valence-corrected chi connectivity index (χ1v) is 7.58. The van der Waals surface area contributed by atoms with Gasteiger partial charge in [-0.25, -0.2) is 0 Å². The maximum atomic E-state index is 12.1. The first-order valence-electron chi connectivity index (χ1n) is 7.58. The number of benzene rings is 1. The van der Waals surface area contributed by atoms with Gasteiger partial charge in [0, 0.05) is 18.2 Å². The van der Waals surface area contributed by atoms with Crippen molar-refractivity contribution in [3.8, 4) is 5.75 Å². The number of ether oxygens (including phenoxy) is 1. The summed E-state index contributed by atoms with van der Waals surface area (Å²) in [6.45, 7) is 9.61. The minimum atomic E-state index is -0.110. The molecule has 21 heavy (non-hydrogen) atoms. The van der Waals surface area contributed by atoms with Crippen molar-refractivity contribution in [1.29, 1.82) is 0 Å². The Morgan fingerprint density at radius 1 is 1.38 bits per heavy atom. The molecule has 1 aromatic carbocycles. The van der Waals surface area contributed by atoms with Gasteiger partial charge in [0.05, 0.1) is 6.61 Å². The fraction of sp³-hybridized carbons (Fsp3) is 0.588. The smallest absolute Gasteiger partial charge is 0.251 e. The average Bonchev–Trinajstić information content (AvgIpc) is 2.41. The molecule has 0 radical (unpaired) electrons. The molecule has 4 heteroatoms. The fourth-order valence-electron chi connectivity index (χ4n) is 2.13. The van der Waals surface area contributed by atoms with E-state index in [1.165, 1.54) is 0 Å². The van der Waals surface area contributed by atoms with E-state index in [9.17, 15) is 4.79 Å². The molecule has 0 heterocycles. The molecule has 3 N–H and O–H groups in total. The lowest BCUT2D eigenvalue weighted by Crippen LogP contribution is -2.39. The predicted octanol–water partition coefficient (Wildman–Crippen LogP) is 2.97. The molecular formula is C17H28N2O2. The molecule has 0 aliphatic rings. The first kappa shape index (κ1) is 17.5. The highest BCUT2D eigenvalue weighted by atomic mass is 16.5. The van der Waals surface area contributed by atoms with Crippen molar-refractivity contribution in [1.82, 2.24) is 5.32 Å². The quantitative estimate of drug-likeness (QED) is 0.812. The number of nitrogens with two attached hydrogens (primary N) is 1. The molecule has 0 saturated carbocycles. The average molecular weight is 292 g/mol. The Labute approximate surface area is 128 Å². The third kappa shape index (κ3) is 7.14. The van der Waals surface area contributed by atoms with Crippen molar-refractivity contribution in [3.63, 3.8) is 0 Å². The Balaban J connectivity index is 2.52. The zero-order chi connectivity index (χ0) is 15.9. The summed E-state index contributed by atoms with van der Waals surface area (Å²) >= 11 is 0. The molecule has 1 unspecified atom stereocenters. The second-order valence-corrected chi connectivity index (χ2v) is 6.61. The highest BCUT2D eigenvalue weighted by Gasteiger charge is 2.16. The number of nitrogens with one attached hydrogen (secondary N) is 1. The Hall–Kier alpha value is -1.55. The van der Waals surface area contributed by atoms with Crippen LogP contribution in [-0.2, 0) is 0 Å². The van der Waals surface area contributed by atoms with Crippen LogP contribution < -0.4 is 15.8 Å². The van der Waals surface area contributed by atoms with Crippen molar-refractivity contribution < 1.29 is 9.53 Å². The number of carbonyl (C=O) groups is 1. The molecule has 1 rings (SSSR count). The third-order valence-electron chi connectivity index (χ3n) is 2.97. The molecule has 0 spiro atoms. The molecular weight excluding hydrogens is 264 g/mol. The van der Waals surface area contributed by atoms with E-state index in [4.69, 9.17) is 10.5 Å². The third-order valence-corrected chi connectivity index (χ3v) is 2.97. The van der Waals surface area contributed by atoms with E-state index in [0.717, 1.165) is 18.6 Å². The van der Waals surface area contributed by atoms with E-state index >= 15 is 0 Å². The van der Waals surface area contributed by atoms with Crippen LogP contribution >= 0.6 is 0 Å². The van der Waals surface area contributed by atoms with Crippen LogP contribution in [0.2, 0.25) is 0 Å². The number of hydrogen-bond acceptors (Lipinski definition) is 3. The topological polar surface area (TPSA) is 64.3 Å². The zero-order valence-corrected chi connectivity index (χ0v) is 13.6. The van der Waals surface area contributed by atoms with E-state index in [1.807, 2.05) is 19.1 Å². The normalized spacial score (nSPS) is 12.8. The molecule has 1 atom stereocenters. The van der Waals surface area contributed by atoms with Gasteiger partial charge in [0.1, 0.15) is 5.75 Å². The molecule has 0 saturated heterocycles. The van der Waals surface area contributed by atoms with Gasteiger partial charge in [-0.1, -0.05) is 33.8 Å². The van der Waals surface area contributed by atoms with Gasteiger partial charge in [0.25, 0.3) is 5.91 Å². The Kier molecular flexibility index (Phi) is 6.69. The Morgan fingerprint density at radius 2 is 2.10 bits per heavy atom. The number of carbonyl (C=O) groups excluding carboxylic acids is 1. The van der Waals surface area contributed by atoms with Crippen LogP contribution in [0, 0.1) is 5.41 Å². The summed E-state index contributed by atoms with van der Waals surface area (Å²) in [6, 6.07) is 7.20. The highest BCUT2D eigenvalue weighted by molar-refractivity contribution is 5.94. The van der Waals surface area contributed by atoms with Crippen LogP contribution in [0.15, 0.2) is 24.3 Å². The molecule has 0 bridgehead atoms. The molecule has 0 aromatic heterocycles. The summed E-state index contributed by atoms with van der Waals surface area (Å²) < 4.78 is 5.53. The van der Waals surface area contributed by atoms with Crippen molar-refractivity contribution in [2.45, 2.75) is 46.6 Å². The minimum absolute atomic E-state index is 0.0338. The van der Waals surface area contributed by atoms with E-state index in [1.54, 1.807) is 12.1 Å². The first-order chi connectivity index (χ1) is 9.81. The van der Waals surface area contributed by atoms with Gasteiger partial charge < -0.3 is 15.8 Å². The SMILES string of the molecule is CCCOc1cccc(C(=O)NCC(N)CC(C)(C)C)c1. The van der Waals surface area contributed by atoms with Crippen molar-refractivity contribution in [2.24, 2.45) is 11.1 Å². The van der Waals surface area contributed by atoms with E-state index in [-0.39, 0.29) is 17.4 Å². The molecule has 0 fully saturated rings. The lowest BCUT2D eigenvalue weighted by atomic mass is 9.88. The largest absolute Gasteiger partial charge is 0.494 e. The maximum absolute atomic E-state index is 12.1. The van der Waals surface area contributed by atoms with Crippen LogP contribution in [0.5, 0.6) is 5.75 Å². The van der Waals surface area contributed by atoms with Gasteiger partial charge in [0.15, 0.2) is 0 Å². The second kappa shape index (κ2) is 8.03. The van der Waals surface area contributed by atoms with E-state index in [0.29, 0.717) is 18.7 Å². The number of amides is 1. The Bertz CT molecular complexity index is 452. The fourth-order valence-corrected chi connectivity index (χ4v) is 2.13. The van der Waals surface area contributed by atoms with Crippen LogP contribution in [0.25, 0.3) is 0 Å². The van der Waals surface area contributed by atoms with Gasteiger partial charge >= 0.3 is 0 Å². The summed E-state index contributed by atoms with van der Waals surface area (Å²) in [5.74, 6) is 0.616. The molecule has 0 aliphatic carbocycles. The van der Waals surface area contributed by atoms with Gasteiger partial charge in [-0.2, -0.15) is 0 Å². The lowest BCUT2D eigenvalue weighted by molar-refractivity contribution is 0.0948. The van der Waals surface area contributed by atoms with Crippen LogP contribution in [0.1, 0.15) is 50.9 Å². The molecule has 1 amide bonds. The number of hydrogen-bond donors (Lipinski definition) is 2. The minimum Gasteiger partial charge on any atom is -0.494 e. The standard InChI is InChI=1S/C17H28N2O2/c1-5-9-21-15-8-6-7-13(10-15)16(20)19-12-14(18)11-17(2,3)4/h6-8,10,14H,5,9,11-12,18H2,1-4H3,(H,19,20). The molecule has 0 aliphatic heterocycles. The van der Waals surface area contributed by atoms with Crippen LogP contribution in [0.4, 0.5) is 0 Å². The second-order valence-electron chi connectivity index (χ2n) is 6.61. The molecule has 4 nitrogen and oxygen atoms in total. The van der Waals surface area contributed by atoms with Gasteiger partial charge in [0.2, 0.25) is 0 Å². The summed E-state index contributed by atoms with van der Waals surface area (Å²) in [6.07, 6.45) is 1.81. The number of rotatable bonds is 7. The predicted molar refractivity (Wildman–Crippen MR) is 86.6 cm³/mol. The summed E-state index contributed by atoms with van der Waals surface area (Å²) in [5, 5.41) is 2.89. The van der Waals surface area contributed by atoms with Crippen molar-refractivity contribution >= 4 is 5.91 Å².